The van der Waals surface area contributed by atoms with Gasteiger partial charge in [0.1, 0.15) is 5.84 Å². The van der Waals surface area contributed by atoms with E-state index < -0.39 is 0 Å². The van der Waals surface area contributed by atoms with Gasteiger partial charge in [-0.25, -0.2) is 9.89 Å². The van der Waals surface area contributed by atoms with Crippen LogP contribution in [0.5, 0.6) is 0 Å². The summed E-state index contributed by atoms with van der Waals surface area (Å²) >= 11 is 1.43. The maximum absolute atomic E-state index is 11.4. The second kappa shape index (κ2) is 4.60. The van der Waals surface area contributed by atoms with Gasteiger partial charge in [0.2, 0.25) is 0 Å². The zero-order valence-corrected chi connectivity index (χ0v) is 9.40. The van der Waals surface area contributed by atoms with Gasteiger partial charge in [-0.05, 0) is 12.8 Å². The fourth-order valence-corrected chi connectivity index (χ4v) is 2.32. The van der Waals surface area contributed by atoms with Gasteiger partial charge in [0.15, 0.2) is 5.16 Å². The standard InChI is InChI=1S/C8H13N5O2S/c9-6(12-15)3-4-16-8-11-10-7(14)13(8)5-1-2-5/h5,15H,1-4H2,(H2,9,12)(H,10,14). The molecule has 1 aromatic rings. The summed E-state index contributed by atoms with van der Waals surface area (Å²) in [4.78, 5) is 11.4. The first-order chi connectivity index (χ1) is 7.72. The van der Waals surface area contributed by atoms with E-state index in [9.17, 15) is 4.79 Å². The normalized spacial score (nSPS) is 16.6. The van der Waals surface area contributed by atoms with Crippen LogP contribution in [0.15, 0.2) is 15.1 Å². The van der Waals surface area contributed by atoms with E-state index >= 15 is 0 Å². The Balaban J connectivity index is 1.96. The fraction of sp³-hybridized carbons (Fsp3) is 0.625. The lowest BCUT2D eigenvalue weighted by Gasteiger charge is -2.02. The third-order valence-electron chi connectivity index (χ3n) is 2.30. The molecule has 88 valence electrons. The van der Waals surface area contributed by atoms with E-state index in [0.717, 1.165) is 12.8 Å². The van der Waals surface area contributed by atoms with Crippen molar-refractivity contribution in [3.8, 4) is 0 Å². The van der Waals surface area contributed by atoms with Crippen molar-refractivity contribution in [3.63, 3.8) is 0 Å². The summed E-state index contributed by atoms with van der Waals surface area (Å²) in [6, 6.07) is 0.303. The SMILES string of the molecule is NC(CCSc1n[nH]c(=O)n1C1CC1)=NO. The smallest absolute Gasteiger partial charge is 0.344 e. The molecule has 1 fully saturated rings. The van der Waals surface area contributed by atoms with Crippen molar-refractivity contribution in [2.45, 2.75) is 30.5 Å². The molecule has 0 aromatic carbocycles. The van der Waals surface area contributed by atoms with Crippen molar-refractivity contribution in [1.82, 2.24) is 14.8 Å². The number of thioether (sulfide) groups is 1. The van der Waals surface area contributed by atoms with Gasteiger partial charge in [-0.2, -0.15) is 0 Å². The predicted molar refractivity (Wildman–Crippen MR) is 59.9 cm³/mol. The Morgan fingerprint density at radius 1 is 1.75 bits per heavy atom. The van der Waals surface area contributed by atoms with E-state index in [4.69, 9.17) is 10.9 Å². The molecule has 0 spiro atoms. The fourth-order valence-electron chi connectivity index (χ4n) is 1.34. The lowest BCUT2D eigenvalue weighted by Crippen LogP contribution is -2.16. The van der Waals surface area contributed by atoms with E-state index in [1.807, 2.05) is 0 Å². The van der Waals surface area contributed by atoms with Crippen LogP contribution in [0.2, 0.25) is 0 Å². The molecular weight excluding hydrogens is 230 g/mol. The number of hydrogen-bond acceptors (Lipinski definition) is 5. The van der Waals surface area contributed by atoms with Crippen molar-refractivity contribution >= 4 is 17.6 Å². The molecule has 2 rings (SSSR count). The first-order valence-corrected chi connectivity index (χ1v) is 5.97. The van der Waals surface area contributed by atoms with Gasteiger partial charge < -0.3 is 10.9 Å². The summed E-state index contributed by atoms with van der Waals surface area (Å²) in [7, 11) is 0. The van der Waals surface area contributed by atoms with E-state index in [1.54, 1.807) is 4.57 Å². The van der Waals surface area contributed by atoms with Crippen LogP contribution in [0.4, 0.5) is 0 Å². The Bertz CT molecular complexity index is 448. The number of amidine groups is 1. The number of aromatic amines is 1. The van der Waals surface area contributed by atoms with Crippen molar-refractivity contribution in [1.29, 1.82) is 0 Å². The van der Waals surface area contributed by atoms with Crippen LogP contribution >= 0.6 is 11.8 Å². The summed E-state index contributed by atoms with van der Waals surface area (Å²) in [6.07, 6.45) is 2.54. The van der Waals surface area contributed by atoms with Crippen LogP contribution in [0.25, 0.3) is 0 Å². The van der Waals surface area contributed by atoms with Crippen LogP contribution < -0.4 is 11.4 Å². The third kappa shape index (κ3) is 2.38. The maximum Gasteiger partial charge on any atom is 0.344 e. The molecular formula is C8H13N5O2S. The second-order valence-electron chi connectivity index (χ2n) is 3.60. The quantitative estimate of drug-likeness (QED) is 0.224. The van der Waals surface area contributed by atoms with Gasteiger partial charge in [-0.3, -0.25) is 4.57 Å². The van der Waals surface area contributed by atoms with E-state index in [2.05, 4.69) is 15.4 Å². The number of oxime groups is 1. The Labute approximate surface area is 95.7 Å². The highest BCUT2D eigenvalue weighted by Crippen LogP contribution is 2.35. The molecule has 1 heterocycles. The minimum absolute atomic E-state index is 0.159. The molecule has 0 aliphatic heterocycles. The zero-order chi connectivity index (χ0) is 11.5. The molecule has 4 N–H and O–H groups in total. The lowest BCUT2D eigenvalue weighted by atomic mass is 10.5. The third-order valence-corrected chi connectivity index (χ3v) is 3.26. The van der Waals surface area contributed by atoms with E-state index in [1.165, 1.54) is 11.8 Å². The molecule has 0 bridgehead atoms. The van der Waals surface area contributed by atoms with Gasteiger partial charge in [-0.15, -0.1) is 5.10 Å². The average Bonchev–Trinajstić information content (AvgIpc) is 3.04. The van der Waals surface area contributed by atoms with Gasteiger partial charge in [-0.1, -0.05) is 16.9 Å². The van der Waals surface area contributed by atoms with Gasteiger partial charge in [0.25, 0.3) is 0 Å². The van der Waals surface area contributed by atoms with Crippen LogP contribution in [0.3, 0.4) is 0 Å². The van der Waals surface area contributed by atoms with Crippen LogP contribution in [-0.4, -0.2) is 31.6 Å². The van der Waals surface area contributed by atoms with E-state index in [-0.39, 0.29) is 11.5 Å². The number of nitrogens with zero attached hydrogens (tertiary/aromatic N) is 3. The van der Waals surface area contributed by atoms with Gasteiger partial charge >= 0.3 is 5.69 Å². The first-order valence-electron chi connectivity index (χ1n) is 4.98. The molecule has 0 amide bonds. The van der Waals surface area contributed by atoms with Gasteiger partial charge in [0, 0.05) is 18.2 Å². The Hall–Kier alpha value is -1.44. The average molecular weight is 243 g/mol. The maximum atomic E-state index is 11.4. The molecule has 16 heavy (non-hydrogen) atoms. The van der Waals surface area contributed by atoms with Crippen LogP contribution in [0, 0.1) is 0 Å². The van der Waals surface area contributed by atoms with Gasteiger partial charge in [0.05, 0.1) is 0 Å². The number of hydrogen-bond donors (Lipinski definition) is 3. The summed E-state index contributed by atoms with van der Waals surface area (Å²) in [5, 5.41) is 18.3. The number of H-pyrrole nitrogens is 1. The van der Waals surface area contributed by atoms with E-state index in [0.29, 0.717) is 23.4 Å². The number of nitrogens with one attached hydrogen (secondary N) is 1. The molecule has 8 heteroatoms. The molecule has 0 radical (unpaired) electrons. The first kappa shape index (κ1) is 11.1. The number of rotatable bonds is 5. The minimum atomic E-state index is -0.159. The summed E-state index contributed by atoms with van der Waals surface area (Å²) < 4.78 is 1.68. The molecule has 1 aromatic heterocycles. The van der Waals surface area contributed by atoms with Crippen molar-refractivity contribution in [2.75, 3.05) is 5.75 Å². The summed E-state index contributed by atoms with van der Waals surface area (Å²) in [5.41, 5.74) is 5.18. The Morgan fingerprint density at radius 3 is 3.12 bits per heavy atom. The minimum Gasteiger partial charge on any atom is -0.409 e. The Morgan fingerprint density at radius 2 is 2.50 bits per heavy atom. The number of nitrogens with two attached hydrogens (primary N) is 1. The molecule has 0 saturated heterocycles. The molecule has 0 atom stereocenters. The highest BCUT2D eigenvalue weighted by Gasteiger charge is 2.28. The molecule has 0 unspecified atom stereocenters. The molecule has 1 saturated carbocycles. The second-order valence-corrected chi connectivity index (χ2v) is 4.66. The van der Waals surface area contributed by atoms with Crippen molar-refractivity contribution < 1.29 is 5.21 Å². The number of aromatic nitrogens is 3. The summed E-state index contributed by atoms with van der Waals surface area (Å²) in [6.45, 7) is 0. The van der Waals surface area contributed by atoms with Crippen molar-refractivity contribution in [2.24, 2.45) is 10.9 Å². The largest absolute Gasteiger partial charge is 0.409 e. The van der Waals surface area contributed by atoms with Crippen LogP contribution in [0.1, 0.15) is 25.3 Å². The topological polar surface area (TPSA) is 109 Å². The summed E-state index contributed by atoms with van der Waals surface area (Å²) in [5.74, 6) is 0.816. The highest BCUT2D eigenvalue weighted by atomic mass is 32.2. The predicted octanol–water partition coefficient (Wildman–Crippen LogP) is 0.135. The molecule has 1 aliphatic carbocycles. The van der Waals surface area contributed by atoms with Crippen LogP contribution in [-0.2, 0) is 0 Å². The molecule has 7 nitrogen and oxygen atoms in total. The molecule has 1 aliphatic rings. The van der Waals surface area contributed by atoms with Crippen molar-refractivity contribution in [3.05, 3.63) is 10.5 Å². The monoisotopic (exact) mass is 243 g/mol. The zero-order valence-electron chi connectivity index (χ0n) is 8.59. The lowest BCUT2D eigenvalue weighted by molar-refractivity contribution is 0.317. The Kier molecular flexibility index (Phi) is 3.18. The highest BCUT2D eigenvalue weighted by molar-refractivity contribution is 7.99.